The molecule has 0 nitrogen and oxygen atoms in total. The lowest BCUT2D eigenvalue weighted by molar-refractivity contribution is 1.35. The average Bonchev–Trinajstić information content (AvgIpc) is 2.62. The first kappa shape index (κ1) is 10.6. The second kappa shape index (κ2) is 4.10. The fourth-order valence-electron chi connectivity index (χ4n) is 2.94. The summed E-state index contributed by atoms with van der Waals surface area (Å²) in [6, 6.07) is 21.7. The van der Waals surface area contributed by atoms with Crippen LogP contribution in [0.2, 0.25) is 0 Å². The highest BCUT2D eigenvalue weighted by atomic mass is 14.2. The maximum absolute atomic E-state index is 2.34. The van der Waals surface area contributed by atoms with Crippen molar-refractivity contribution in [3.8, 4) is 11.1 Å². The molecule has 0 bridgehead atoms. The minimum atomic E-state index is 1.01. The third-order valence-electron chi connectivity index (χ3n) is 3.89. The predicted molar refractivity (Wildman–Crippen MR) is 80.5 cm³/mol. The molecule has 0 atom stereocenters. The van der Waals surface area contributed by atoms with Crippen molar-refractivity contribution >= 4 is 12.2 Å². The number of benzene rings is 1. The van der Waals surface area contributed by atoms with Crippen molar-refractivity contribution in [3.63, 3.8) is 0 Å². The van der Waals surface area contributed by atoms with Gasteiger partial charge in [-0.05, 0) is 51.3 Å². The van der Waals surface area contributed by atoms with Gasteiger partial charge in [0.25, 0.3) is 0 Å². The van der Waals surface area contributed by atoms with Gasteiger partial charge in [0.15, 0.2) is 0 Å². The first-order chi connectivity index (χ1) is 9.42. The Balaban J connectivity index is 2.07. The molecule has 0 N–H and O–H groups in total. The highest BCUT2D eigenvalue weighted by molar-refractivity contribution is 5.80. The zero-order chi connectivity index (χ0) is 12.7. The van der Waals surface area contributed by atoms with Gasteiger partial charge in [-0.1, -0.05) is 60.7 Å². The lowest BCUT2D eigenvalue weighted by Crippen LogP contribution is -2.22. The number of rotatable bonds is 0. The van der Waals surface area contributed by atoms with E-state index in [2.05, 4.69) is 72.8 Å². The van der Waals surface area contributed by atoms with Gasteiger partial charge >= 0.3 is 0 Å². The lowest BCUT2D eigenvalue weighted by Gasteiger charge is -1.98. The first-order valence-electron chi connectivity index (χ1n) is 6.69. The van der Waals surface area contributed by atoms with E-state index in [4.69, 9.17) is 0 Å². The molecule has 3 aliphatic carbocycles. The molecule has 4 rings (SSSR count). The Bertz CT molecular complexity index is 840. The van der Waals surface area contributed by atoms with E-state index in [0.717, 1.165) is 6.42 Å². The van der Waals surface area contributed by atoms with E-state index in [1.54, 1.807) is 0 Å². The SMILES string of the molecule is C1=c2ccccc2=Cc2cc3cccccc-3c2C1. The van der Waals surface area contributed by atoms with Crippen LogP contribution < -0.4 is 10.4 Å². The van der Waals surface area contributed by atoms with Crippen LogP contribution in [0.1, 0.15) is 11.1 Å². The third-order valence-corrected chi connectivity index (χ3v) is 3.89. The maximum Gasteiger partial charge on any atom is -0.00761 e. The molecule has 0 radical (unpaired) electrons. The van der Waals surface area contributed by atoms with Gasteiger partial charge in [0.1, 0.15) is 0 Å². The van der Waals surface area contributed by atoms with Gasteiger partial charge in [-0.15, -0.1) is 0 Å². The van der Waals surface area contributed by atoms with Gasteiger partial charge in [0, 0.05) is 0 Å². The Morgan fingerprint density at radius 1 is 0.737 bits per heavy atom. The van der Waals surface area contributed by atoms with Crippen LogP contribution in [0.4, 0.5) is 0 Å². The number of hydrogen-bond acceptors (Lipinski definition) is 0. The zero-order valence-electron chi connectivity index (χ0n) is 10.6. The first-order valence-corrected chi connectivity index (χ1v) is 6.69. The van der Waals surface area contributed by atoms with Crippen LogP contribution in [0.15, 0.2) is 60.7 Å². The Hall–Kier alpha value is -2.34. The van der Waals surface area contributed by atoms with Gasteiger partial charge in [-0.3, -0.25) is 0 Å². The molecule has 0 heterocycles. The fraction of sp³-hybridized carbons (Fsp3) is 0.0526. The van der Waals surface area contributed by atoms with Crippen LogP contribution in [-0.2, 0) is 6.42 Å². The summed E-state index contributed by atoms with van der Waals surface area (Å²) in [7, 11) is 0. The van der Waals surface area contributed by atoms with Crippen LogP contribution >= 0.6 is 0 Å². The predicted octanol–water partition coefficient (Wildman–Crippen LogP) is 2.96. The van der Waals surface area contributed by atoms with Crippen molar-refractivity contribution in [1.82, 2.24) is 0 Å². The summed E-state index contributed by atoms with van der Waals surface area (Å²) in [6.07, 6.45) is 5.66. The standard InChI is InChI=1S/C19H14/c1-2-8-16-13-17-12-15-7-5-4-6-14(15)10-11-19(17)18(16)9-3-1/h1-10,12-13H,11H2. The molecule has 3 aliphatic rings. The smallest absolute Gasteiger partial charge is 0.00761 e. The molecular formula is C19H14. The van der Waals surface area contributed by atoms with Crippen molar-refractivity contribution in [1.29, 1.82) is 0 Å². The minimum absolute atomic E-state index is 1.01. The molecule has 0 fully saturated rings. The quantitative estimate of drug-likeness (QED) is 0.568. The molecule has 0 amide bonds. The van der Waals surface area contributed by atoms with Crippen molar-refractivity contribution in [2.24, 2.45) is 0 Å². The van der Waals surface area contributed by atoms with Crippen LogP contribution in [0.3, 0.4) is 0 Å². The van der Waals surface area contributed by atoms with E-state index >= 15 is 0 Å². The van der Waals surface area contributed by atoms with Crippen LogP contribution in [0.5, 0.6) is 0 Å². The molecule has 0 aliphatic heterocycles. The van der Waals surface area contributed by atoms with E-state index in [9.17, 15) is 0 Å². The monoisotopic (exact) mass is 242 g/mol. The molecule has 1 aromatic rings. The summed E-state index contributed by atoms with van der Waals surface area (Å²) >= 11 is 0. The Labute approximate surface area is 112 Å². The average molecular weight is 242 g/mol. The Kier molecular flexibility index (Phi) is 2.28. The summed E-state index contributed by atoms with van der Waals surface area (Å²) in [5.74, 6) is 0. The van der Waals surface area contributed by atoms with Crippen LogP contribution in [-0.4, -0.2) is 0 Å². The highest BCUT2D eigenvalue weighted by Gasteiger charge is 2.13. The molecule has 0 saturated carbocycles. The van der Waals surface area contributed by atoms with Crippen LogP contribution in [0, 0.1) is 0 Å². The molecule has 0 saturated heterocycles. The summed E-state index contributed by atoms with van der Waals surface area (Å²) in [4.78, 5) is 0. The van der Waals surface area contributed by atoms with Gasteiger partial charge in [-0.25, -0.2) is 0 Å². The van der Waals surface area contributed by atoms with Crippen LogP contribution in [0.25, 0.3) is 23.3 Å². The zero-order valence-corrected chi connectivity index (χ0v) is 10.6. The fourth-order valence-corrected chi connectivity index (χ4v) is 2.94. The van der Waals surface area contributed by atoms with Gasteiger partial charge in [0.2, 0.25) is 0 Å². The van der Waals surface area contributed by atoms with Crippen molar-refractivity contribution < 1.29 is 0 Å². The molecular weight excluding hydrogens is 228 g/mol. The van der Waals surface area contributed by atoms with Crippen molar-refractivity contribution in [2.45, 2.75) is 6.42 Å². The summed E-state index contributed by atoms with van der Waals surface area (Å²) < 4.78 is 0. The van der Waals surface area contributed by atoms with E-state index in [-0.39, 0.29) is 0 Å². The minimum Gasteiger partial charge on any atom is -0.0722 e. The molecule has 0 unspecified atom stereocenters. The molecule has 90 valence electrons. The van der Waals surface area contributed by atoms with E-state index < -0.39 is 0 Å². The molecule has 19 heavy (non-hydrogen) atoms. The highest BCUT2D eigenvalue weighted by Crippen LogP contribution is 2.32. The molecule has 1 aromatic carbocycles. The molecule has 0 heteroatoms. The molecule has 0 spiro atoms. The number of fused-ring (bicyclic) bond motifs is 4. The van der Waals surface area contributed by atoms with E-state index in [1.165, 1.54) is 32.7 Å². The largest absolute Gasteiger partial charge is 0.0722 e. The second-order valence-corrected chi connectivity index (χ2v) is 5.04. The number of hydrogen-bond donors (Lipinski definition) is 0. The van der Waals surface area contributed by atoms with Gasteiger partial charge < -0.3 is 0 Å². The summed E-state index contributed by atoms with van der Waals surface area (Å²) in [5.41, 5.74) is 5.52. The summed E-state index contributed by atoms with van der Waals surface area (Å²) in [5, 5.41) is 2.66. The molecule has 0 aromatic heterocycles. The van der Waals surface area contributed by atoms with E-state index in [1.807, 2.05) is 0 Å². The van der Waals surface area contributed by atoms with E-state index in [0.29, 0.717) is 0 Å². The second-order valence-electron chi connectivity index (χ2n) is 5.04. The Morgan fingerprint density at radius 2 is 1.53 bits per heavy atom. The normalized spacial score (nSPS) is 12.8. The van der Waals surface area contributed by atoms with Crippen molar-refractivity contribution in [2.75, 3.05) is 0 Å². The van der Waals surface area contributed by atoms with Gasteiger partial charge in [0.05, 0.1) is 0 Å². The maximum atomic E-state index is 2.34. The summed E-state index contributed by atoms with van der Waals surface area (Å²) in [6.45, 7) is 0. The third kappa shape index (κ3) is 1.68. The lowest BCUT2D eigenvalue weighted by atomic mass is 10.1. The van der Waals surface area contributed by atoms with Gasteiger partial charge in [-0.2, -0.15) is 0 Å². The van der Waals surface area contributed by atoms with Crippen molar-refractivity contribution in [3.05, 3.63) is 82.2 Å². The topological polar surface area (TPSA) is 0 Å². The Morgan fingerprint density at radius 3 is 2.47 bits per heavy atom.